The molecule has 1 aromatic carbocycles. The molecule has 0 aliphatic rings. The van der Waals surface area contributed by atoms with Crippen LogP contribution < -0.4 is 0 Å². The molecule has 2 aromatic rings. The fourth-order valence-electron chi connectivity index (χ4n) is 1.50. The maximum atomic E-state index is 11.8. The summed E-state index contributed by atoms with van der Waals surface area (Å²) in [6.07, 6.45) is 1.65. The molecule has 0 atom stereocenters. The number of benzene rings is 1. The smallest absolute Gasteiger partial charge is 0.207 e. The minimum absolute atomic E-state index is 0.0909. The van der Waals surface area contributed by atoms with Gasteiger partial charge in [-0.3, -0.25) is 9.78 Å². The van der Waals surface area contributed by atoms with E-state index in [1.165, 1.54) is 0 Å². The van der Waals surface area contributed by atoms with Crippen molar-refractivity contribution in [2.24, 2.45) is 0 Å². The molecule has 1 heterocycles. The predicted molar refractivity (Wildman–Crippen MR) is 60.9 cm³/mol. The summed E-state index contributed by atoms with van der Waals surface area (Å²) in [5.74, 6) is -0.0909. The van der Waals surface area contributed by atoms with Crippen molar-refractivity contribution in [1.29, 1.82) is 0 Å². The lowest BCUT2D eigenvalue weighted by Gasteiger charge is -2.03. The Labute approximate surface area is 88.3 Å². The van der Waals surface area contributed by atoms with Gasteiger partial charge in [0.2, 0.25) is 5.78 Å². The summed E-state index contributed by atoms with van der Waals surface area (Å²) in [4.78, 5) is 15.9. The van der Waals surface area contributed by atoms with E-state index in [0.29, 0.717) is 11.3 Å². The van der Waals surface area contributed by atoms with E-state index in [0.717, 1.165) is 10.8 Å². The molecule has 0 fully saturated rings. The first-order valence-corrected chi connectivity index (χ1v) is 4.74. The topological polar surface area (TPSA) is 30.0 Å². The normalized spacial score (nSPS) is 10.2. The maximum absolute atomic E-state index is 11.8. The third kappa shape index (κ3) is 1.66. The highest BCUT2D eigenvalue weighted by Crippen LogP contribution is 2.18. The van der Waals surface area contributed by atoms with Crippen molar-refractivity contribution in [3.8, 4) is 0 Å². The number of nitrogens with zero attached hydrogens (tertiary/aromatic N) is 1. The van der Waals surface area contributed by atoms with Gasteiger partial charge in [-0.15, -0.1) is 0 Å². The third-order valence-electron chi connectivity index (χ3n) is 2.28. The number of Topliss-reactive ketones (excluding diaryl/α,β-unsaturated/α-hetero) is 1. The van der Waals surface area contributed by atoms with Gasteiger partial charge in [0, 0.05) is 11.6 Å². The second-order valence-corrected chi connectivity index (χ2v) is 3.49. The summed E-state index contributed by atoms with van der Waals surface area (Å²) in [5, 5.41) is 1.91. The quantitative estimate of drug-likeness (QED) is 0.547. The summed E-state index contributed by atoms with van der Waals surface area (Å²) >= 11 is 0. The fourth-order valence-corrected chi connectivity index (χ4v) is 1.50. The van der Waals surface area contributed by atoms with Crippen LogP contribution in [-0.2, 0) is 0 Å². The summed E-state index contributed by atoms with van der Waals surface area (Å²) in [5.41, 5.74) is 0.999. The summed E-state index contributed by atoms with van der Waals surface area (Å²) in [6, 6.07) is 9.60. The SMILES string of the molecule is C=C(C)C(=O)c1nccc2ccccc12. The molecule has 0 spiro atoms. The zero-order valence-electron chi connectivity index (χ0n) is 8.53. The van der Waals surface area contributed by atoms with Crippen LogP contribution in [0.4, 0.5) is 0 Å². The van der Waals surface area contributed by atoms with E-state index in [1.54, 1.807) is 13.1 Å². The summed E-state index contributed by atoms with van der Waals surface area (Å²) in [7, 11) is 0. The lowest BCUT2D eigenvalue weighted by Crippen LogP contribution is -2.03. The Morgan fingerprint density at radius 2 is 2.00 bits per heavy atom. The van der Waals surface area contributed by atoms with E-state index >= 15 is 0 Å². The standard InChI is InChI=1S/C13H11NO/c1-9(2)13(15)12-11-6-4-3-5-10(11)7-8-14-12/h3-8H,1H2,2H3. The van der Waals surface area contributed by atoms with Crippen molar-refractivity contribution < 1.29 is 4.79 Å². The molecule has 1 aromatic heterocycles. The number of fused-ring (bicyclic) bond motifs is 1. The number of aromatic nitrogens is 1. The van der Waals surface area contributed by atoms with Crippen molar-refractivity contribution in [1.82, 2.24) is 4.98 Å². The molecule has 0 saturated carbocycles. The Morgan fingerprint density at radius 3 is 2.73 bits per heavy atom. The van der Waals surface area contributed by atoms with Gasteiger partial charge >= 0.3 is 0 Å². The molecule has 2 nitrogen and oxygen atoms in total. The maximum Gasteiger partial charge on any atom is 0.207 e. The molecular formula is C13H11NO. The Morgan fingerprint density at radius 1 is 1.27 bits per heavy atom. The molecule has 0 amide bonds. The Hall–Kier alpha value is -1.96. The number of hydrogen-bond donors (Lipinski definition) is 0. The number of ketones is 1. The lowest BCUT2D eigenvalue weighted by molar-refractivity contribution is 0.103. The predicted octanol–water partition coefficient (Wildman–Crippen LogP) is 2.99. The molecule has 0 N–H and O–H groups in total. The second kappa shape index (κ2) is 3.65. The van der Waals surface area contributed by atoms with E-state index in [2.05, 4.69) is 11.6 Å². The van der Waals surface area contributed by atoms with Gasteiger partial charge in [0.25, 0.3) is 0 Å². The first-order chi connectivity index (χ1) is 7.20. The summed E-state index contributed by atoms with van der Waals surface area (Å²) < 4.78 is 0. The van der Waals surface area contributed by atoms with E-state index in [4.69, 9.17) is 0 Å². The number of carbonyl (C=O) groups is 1. The highest BCUT2D eigenvalue weighted by molar-refractivity contribution is 6.14. The van der Waals surface area contributed by atoms with Crippen LogP contribution in [0.2, 0.25) is 0 Å². The zero-order valence-corrected chi connectivity index (χ0v) is 8.53. The molecular weight excluding hydrogens is 186 g/mol. The van der Waals surface area contributed by atoms with Crippen LogP contribution in [0.5, 0.6) is 0 Å². The number of hydrogen-bond acceptors (Lipinski definition) is 2. The van der Waals surface area contributed by atoms with Crippen molar-refractivity contribution in [3.05, 3.63) is 54.4 Å². The molecule has 0 bridgehead atoms. The van der Waals surface area contributed by atoms with Gasteiger partial charge in [-0.25, -0.2) is 0 Å². The monoisotopic (exact) mass is 197 g/mol. The van der Waals surface area contributed by atoms with E-state index in [1.807, 2.05) is 30.3 Å². The average Bonchev–Trinajstić information content (AvgIpc) is 2.27. The molecule has 0 saturated heterocycles. The first kappa shape index (κ1) is 9.59. The van der Waals surface area contributed by atoms with Crippen molar-refractivity contribution in [3.63, 3.8) is 0 Å². The van der Waals surface area contributed by atoms with Crippen LogP contribution in [0, 0.1) is 0 Å². The highest BCUT2D eigenvalue weighted by atomic mass is 16.1. The Kier molecular flexibility index (Phi) is 2.34. The number of carbonyl (C=O) groups excluding carboxylic acids is 1. The van der Waals surface area contributed by atoms with Gasteiger partial charge in [-0.1, -0.05) is 30.8 Å². The van der Waals surface area contributed by atoms with Crippen LogP contribution >= 0.6 is 0 Å². The minimum atomic E-state index is -0.0909. The Bertz CT molecular complexity index is 538. The molecule has 74 valence electrons. The molecule has 0 aliphatic carbocycles. The van der Waals surface area contributed by atoms with Gasteiger partial charge in [0.1, 0.15) is 5.69 Å². The zero-order chi connectivity index (χ0) is 10.8. The van der Waals surface area contributed by atoms with Crippen LogP contribution in [0.1, 0.15) is 17.4 Å². The minimum Gasteiger partial charge on any atom is -0.287 e. The van der Waals surface area contributed by atoms with Crippen LogP contribution in [0.25, 0.3) is 10.8 Å². The highest BCUT2D eigenvalue weighted by Gasteiger charge is 2.11. The van der Waals surface area contributed by atoms with E-state index in [-0.39, 0.29) is 5.78 Å². The number of rotatable bonds is 2. The molecule has 0 radical (unpaired) electrons. The average molecular weight is 197 g/mol. The van der Waals surface area contributed by atoms with E-state index in [9.17, 15) is 4.79 Å². The van der Waals surface area contributed by atoms with Crippen molar-refractivity contribution in [2.75, 3.05) is 0 Å². The van der Waals surface area contributed by atoms with Gasteiger partial charge in [-0.05, 0) is 23.9 Å². The number of pyridine rings is 1. The van der Waals surface area contributed by atoms with Crippen molar-refractivity contribution >= 4 is 16.6 Å². The van der Waals surface area contributed by atoms with E-state index < -0.39 is 0 Å². The van der Waals surface area contributed by atoms with Crippen LogP contribution in [0.3, 0.4) is 0 Å². The van der Waals surface area contributed by atoms with Crippen molar-refractivity contribution in [2.45, 2.75) is 6.92 Å². The third-order valence-corrected chi connectivity index (χ3v) is 2.28. The van der Waals surface area contributed by atoms with Crippen LogP contribution in [0.15, 0.2) is 48.7 Å². The Balaban J connectivity index is 2.71. The lowest BCUT2D eigenvalue weighted by atomic mass is 10.0. The fraction of sp³-hybridized carbons (Fsp3) is 0.0769. The molecule has 0 unspecified atom stereocenters. The van der Waals surface area contributed by atoms with Gasteiger partial charge < -0.3 is 0 Å². The van der Waals surface area contributed by atoms with Crippen LogP contribution in [-0.4, -0.2) is 10.8 Å². The molecule has 15 heavy (non-hydrogen) atoms. The number of allylic oxidation sites excluding steroid dienone is 1. The molecule has 2 heteroatoms. The second-order valence-electron chi connectivity index (χ2n) is 3.49. The molecule has 0 aliphatic heterocycles. The first-order valence-electron chi connectivity index (χ1n) is 4.74. The summed E-state index contributed by atoms with van der Waals surface area (Å²) in [6.45, 7) is 5.35. The van der Waals surface area contributed by atoms with Gasteiger partial charge in [0.15, 0.2) is 0 Å². The van der Waals surface area contributed by atoms with Gasteiger partial charge in [-0.2, -0.15) is 0 Å². The van der Waals surface area contributed by atoms with Gasteiger partial charge in [0.05, 0.1) is 0 Å². The molecule has 2 rings (SSSR count). The largest absolute Gasteiger partial charge is 0.287 e.